The van der Waals surface area contributed by atoms with Gasteiger partial charge in [-0.1, -0.05) is 24.3 Å². The quantitative estimate of drug-likeness (QED) is 0.339. The van der Waals surface area contributed by atoms with Crippen LogP contribution < -0.4 is 10.6 Å². The Hall–Kier alpha value is -4.60. The fourth-order valence-corrected chi connectivity index (χ4v) is 6.54. The van der Waals surface area contributed by atoms with E-state index in [1.807, 2.05) is 6.07 Å². The molecule has 41 heavy (non-hydrogen) atoms. The fourth-order valence-electron chi connectivity index (χ4n) is 6.54. The molecule has 4 heterocycles. The topological polar surface area (TPSA) is 96.9 Å². The maximum Gasteiger partial charge on any atom is 0.253 e. The van der Waals surface area contributed by atoms with Crippen LogP contribution in [0.3, 0.4) is 0 Å². The standard InChI is InChI=1S/C31H24F3N5O2/c32-22-7-1-4-18(26(22)34)19-8-9-23(27-20(25(19)33)5-2-10-35-27)38-29(40)17-12-16-13-31(14-24(16)37-15-17)21-6-3-11-36-28(21)39-30(31)41/h1-7,10-12,15,19,23,25H,8-9,13-14H2,(H,38,40)(H,36,39,41). The molecule has 0 fully saturated rings. The van der Waals surface area contributed by atoms with Gasteiger partial charge in [0.2, 0.25) is 5.91 Å². The van der Waals surface area contributed by atoms with Gasteiger partial charge in [-0.3, -0.25) is 19.6 Å². The molecule has 2 N–H and O–H groups in total. The summed E-state index contributed by atoms with van der Waals surface area (Å²) in [7, 11) is 0. The molecule has 4 unspecified atom stereocenters. The van der Waals surface area contributed by atoms with Crippen LogP contribution in [-0.2, 0) is 23.1 Å². The van der Waals surface area contributed by atoms with Gasteiger partial charge in [0.05, 0.1) is 22.7 Å². The normalized spacial score (nSPS) is 24.3. The Morgan fingerprint density at radius 3 is 2.66 bits per heavy atom. The summed E-state index contributed by atoms with van der Waals surface area (Å²) in [6, 6.07) is 11.7. The molecular weight excluding hydrogens is 531 g/mol. The van der Waals surface area contributed by atoms with Crippen molar-refractivity contribution in [3.05, 3.63) is 118 Å². The number of benzene rings is 1. The van der Waals surface area contributed by atoms with E-state index in [1.54, 1.807) is 30.5 Å². The summed E-state index contributed by atoms with van der Waals surface area (Å²) in [5.74, 6) is -3.05. The van der Waals surface area contributed by atoms with Crippen LogP contribution >= 0.6 is 0 Å². The largest absolute Gasteiger partial charge is 0.344 e. The van der Waals surface area contributed by atoms with Crippen LogP contribution in [0.1, 0.15) is 75.0 Å². The number of fused-ring (bicyclic) bond motifs is 4. The average molecular weight is 556 g/mol. The summed E-state index contributed by atoms with van der Waals surface area (Å²) in [5, 5.41) is 5.82. The van der Waals surface area contributed by atoms with E-state index in [4.69, 9.17) is 0 Å². The maximum atomic E-state index is 15.9. The van der Waals surface area contributed by atoms with Crippen molar-refractivity contribution >= 4 is 17.6 Å². The number of pyridine rings is 3. The van der Waals surface area contributed by atoms with E-state index in [9.17, 15) is 18.4 Å². The first kappa shape index (κ1) is 25.4. The van der Waals surface area contributed by atoms with Gasteiger partial charge in [-0.05, 0) is 54.7 Å². The molecule has 1 aromatic carbocycles. The van der Waals surface area contributed by atoms with Crippen molar-refractivity contribution in [3.8, 4) is 0 Å². The first-order valence-electron chi connectivity index (χ1n) is 13.4. The van der Waals surface area contributed by atoms with Crippen molar-refractivity contribution in [2.75, 3.05) is 5.32 Å². The third-order valence-corrected chi connectivity index (χ3v) is 8.58. The lowest BCUT2D eigenvalue weighted by atomic mass is 9.80. The third-order valence-electron chi connectivity index (χ3n) is 8.58. The summed E-state index contributed by atoms with van der Waals surface area (Å²) in [4.78, 5) is 39.7. The molecule has 4 atom stereocenters. The summed E-state index contributed by atoms with van der Waals surface area (Å²) >= 11 is 0. The highest BCUT2D eigenvalue weighted by Gasteiger charge is 2.51. The Labute approximate surface area is 233 Å². The monoisotopic (exact) mass is 555 g/mol. The summed E-state index contributed by atoms with van der Waals surface area (Å²) < 4.78 is 44.5. The van der Waals surface area contributed by atoms with E-state index in [1.165, 1.54) is 24.5 Å². The molecule has 10 heteroatoms. The van der Waals surface area contributed by atoms with Crippen LogP contribution in [0.4, 0.5) is 19.0 Å². The van der Waals surface area contributed by atoms with Gasteiger partial charge >= 0.3 is 0 Å². The van der Waals surface area contributed by atoms with Gasteiger partial charge in [0.1, 0.15) is 12.0 Å². The molecular formula is C31H24F3N5O2. The second-order valence-corrected chi connectivity index (χ2v) is 10.9. The molecule has 2 aliphatic carbocycles. The number of hydrogen-bond donors (Lipinski definition) is 2. The number of rotatable bonds is 3. The SMILES string of the molecule is O=C(NC1CCC(c2cccc(F)c2F)C(F)c2cccnc21)c1cnc2c(c1)CC1(C2)C(=O)Nc2ncccc21. The minimum Gasteiger partial charge on any atom is -0.344 e. The molecule has 1 spiro atoms. The average Bonchev–Trinajstić information content (AvgIpc) is 3.46. The predicted molar refractivity (Wildman–Crippen MR) is 143 cm³/mol. The van der Waals surface area contributed by atoms with Crippen LogP contribution in [0, 0.1) is 11.6 Å². The number of aromatic nitrogens is 3. The van der Waals surface area contributed by atoms with Gasteiger partial charge in [0.15, 0.2) is 11.6 Å². The number of nitrogens with zero attached hydrogens (tertiary/aromatic N) is 3. The van der Waals surface area contributed by atoms with Gasteiger partial charge in [-0.15, -0.1) is 0 Å². The lowest BCUT2D eigenvalue weighted by Crippen LogP contribution is -2.35. The van der Waals surface area contributed by atoms with Crippen molar-refractivity contribution in [2.24, 2.45) is 0 Å². The van der Waals surface area contributed by atoms with Crippen LogP contribution in [0.25, 0.3) is 0 Å². The molecule has 1 aliphatic heterocycles. The van der Waals surface area contributed by atoms with Crippen LogP contribution in [0.5, 0.6) is 0 Å². The summed E-state index contributed by atoms with van der Waals surface area (Å²) in [6.07, 6.45) is 4.21. The van der Waals surface area contributed by atoms with Crippen molar-refractivity contribution in [1.29, 1.82) is 0 Å². The minimum absolute atomic E-state index is 0.0382. The van der Waals surface area contributed by atoms with Crippen molar-refractivity contribution < 1.29 is 22.8 Å². The van der Waals surface area contributed by atoms with Gasteiger partial charge in [0, 0.05) is 47.8 Å². The molecule has 206 valence electrons. The Morgan fingerprint density at radius 2 is 1.78 bits per heavy atom. The summed E-state index contributed by atoms with van der Waals surface area (Å²) in [6.45, 7) is 0. The number of hydrogen-bond acceptors (Lipinski definition) is 5. The molecule has 4 aromatic rings. The van der Waals surface area contributed by atoms with Crippen molar-refractivity contribution in [3.63, 3.8) is 0 Å². The number of amides is 2. The Balaban J connectivity index is 1.15. The highest BCUT2D eigenvalue weighted by atomic mass is 19.2. The van der Waals surface area contributed by atoms with E-state index in [0.717, 1.165) is 22.9 Å². The van der Waals surface area contributed by atoms with Gasteiger partial charge in [-0.2, -0.15) is 0 Å². The Morgan fingerprint density at radius 1 is 0.976 bits per heavy atom. The number of nitrogens with one attached hydrogen (secondary N) is 2. The van der Waals surface area contributed by atoms with E-state index in [2.05, 4.69) is 25.6 Å². The number of alkyl halides is 1. The lowest BCUT2D eigenvalue weighted by Gasteiger charge is -2.20. The third kappa shape index (κ3) is 4.00. The summed E-state index contributed by atoms with van der Waals surface area (Å²) in [5.41, 5.74) is 2.41. The molecule has 0 saturated heterocycles. The van der Waals surface area contributed by atoms with E-state index in [0.29, 0.717) is 29.9 Å². The first-order valence-corrected chi connectivity index (χ1v) is 13.4. The second kappa shape index (κ2) is 9.50. The van der Waals surface area contributed by atoms with E-state index >= 15 is 4.39 Å². The zero-order valence-corrected chi connectivity index (χ0v) is 21.7. The maximum absolute atomic E-state index is 15.9. The predicted octanol–water partition coefficient (Wildman–Crippen LogP) is 5.20. The van der Waals surface area contributed by atoms with E-state index < -0.39 is 41.1 Å². The number of carbonyl (C=O) groups excluding carboxylic acids is 2. The van der Waals surface area contributed by atoms with Crippen molar-refractivity contribution in [1.82, 2.24) is 20.3 Å². The molecule has 0 radical (unpaired) electrons. The zero-order valence-electron chi connectivity index (χ0n) is 21.7. The number of anilines is 1. The van der Waals surface area contributed by atoms with Gasteiger partial charge in [-0.25, -0.2) is 18.2 Å². The number of halogens is 3. The van der Waals surface area contributed by atoms with E-state index in [-0.39, 0.29) is 29.9 Å². The molecule has 3 aliphatic rings. The molecule has 3 aromatic heterocycles. The lowest BCUT2D eigenvalue weighted by molar-refractivity contribution is -0.120. The zero-order chi connectivity index (χ0) is 28.3. The van der Waals surface area contributed by atoms with Crippen LogP contribution in [-0.4, -0.2) is 26.8 Å². The van der Waals surface area contributed by atoms with Gasteiger partial charge < -0.3 is 10.6 Å². The molecule has 2 amide bonds. The molecule has 0 bridgehead atoms. The fraction of sp³-hybridized carbons (Fsp3) is 0.258. The Bertz CT molecular complexity index is 1730. The smallest absolute Gasteiger partial charge is 0.253 e. The van der Waals surface area contributed by atoms with Crippen LogP contribution in [0.2, 0.25) is 0 Å². The Kier molecular flexibility index (Phi) is 5.88. The van der Waals surface area contributed by atoms with Gasteiger partial charge in [0.25, 0.3) is 5.91 Å². The second-order valence-electron chi connectivity index (χ2n) is 10.9. The highest BCUT2D eigenvalue weighted by molar-refractivity contribution is 6.06. The molecule has 7 nitrogen and oxygen atoms in total. The van der Waals surface area contributed by atoms with Crippen molar-refractivity contribution in [2.45, 2.75) is 49.2 Å². The molecule has 0 saturated carbocycles. The number of carbonyl (C=O) groups is 2. The minimum atomic E-state index is -1.63. The molecule has 7 rings (SSSR count). The first-order chi connectivity index (χ1) is 19.9. The highest BCUT2D eigenvalue weighted by Crippen LogP contribution is 2.47. The van der Waals surface area contributed by atoms with Crippen LogP contribution in [0.15, 0.2) is 67.1 Å².